The maximum absolute atomic E-state index is 11.6. The van der Waals surface area contributed by atoms with Crippen molar-refractivity contribution in [1.82, 2.24) is 5.32 Å². The monoisotopic (exact) mass is 271 g/mol. The van der Waals surface area contributed by atoms with Gasteiger partial charge in [0.15, 0.2) is 0 Å². The summed E-state index contributed by atoms with van der Waals surface area (Å²) in [7, 11) is 1.71. The first-order chi connectivity index (χ1) is 9.74. The molecule has 1 aliphatic rings. The Labute approximate surface area is 120 Å². The summed E-state index contributed by atoms with van der Waals surface area (Å²) < 4.78 is 5.57. The molecular formula is C17H21NO2. The van der Waals surface area contributed by atoms with Crippen LogP contribution < -0.4 is 5.32 Å². The summed E-state index contributed by atoms with van der Waals surface area (Å²) in [6.45, 7) is 1.67. The molecule has 2 rings (SSSR count). The molecule has 0 bridgehead atoms. The molecule has 3 unspecified atom stereocenters. The Morgan fingerprint density at radius 1 is 1.30 bits per heavy atom. The van der Waals surface area contributed by atoms with Crippen LogP contribution in [-0.4, -0.2) is 25.2 Å². The number of carbonyl (C=O) groups excluding carboxylic acids is 1. The average Bonchev–Trinajstić information content (AvgIpc) is 2.49. The van der Waals surface area contributed by atoms with Crippen molar-refractivity contribution in [3.63, 3.8) is 0 Å². The molecule has 0 radical (unpaired) electrons. The van der Waals surface area contributed by atoms with Gasteiger partial charge in [-0.1, -0.05) is 36.3 Å². The van der Waals surface area contributed by atoms with Gasteiger partial charge in [-0.2, -0.15) is 0 Å². The van der Waals surface area contributed by atoms with Gasteiger partial charge in [0.2, 0.25) is 0 Å². The van der Waals surface area contributed by atoms with E-state index >= 15 is 0 Å². The summed E-state index contributed by atoms with van der Waals surface area (Å²) >= 11 is 0. The van der Waals surface area contributed by atoms with Crippen LogP contribution >= 0.6 is 0 Å². The number of ether oxygens (including phenoxy) is 1. The standard InChI is InChI=1S/C17H21NO2/c1-3-7-17(19)18-15-11-10-14(12-16(15)20-2)13-8-5-4-6-9-13/h4-6,8-9,14-16H,10-12H2,1-2H3,(H,18,19). The molecule has 3 nitrogen and oxygen atoms in total. The summed E-state index contributed by atoms with van der Waals surface area (Å²) in [6, 6.07) is 10.6. The van der Waals surface area contributed by atoms with E-state index in [4.69, 9.17) is 4.74 Å². The normalized spacial score (nSPS) is 25.4. The Hall–Kier alpha value is -1.79. The van der Waals surface area contributed by atoms with Crippen LogP contribution in [0.25, 0.3) is 0 Å². The summed E-state index contributed by atoms with van der Waals surface area (Å²) in [5.74, 6) is 5.44. The van der Waals surface area contributed by atoms with Crippen molar-refractivity contribution in [2.75, 3.05) is 7.11 Å². The molecule has 1 aromatic carbocycles. The van der Waals surface area contributed by atoms with Crippen LogP contribution in [0.15, 0.2) is 30.3 Å². The Kier molecular flexibility index (Phi) is 5.20. The van der Waals surface area contributed by atoms with E-state index in [-0.39, 0.29) is 18.1 Å². The number of rotatable bonds is 3. The molecule has 0 spiro atoms. The van der Waals surface area contributed by atoms with Crippen LogP contribution in [0.1, 0.15) is 37.7 Å². The molecule has 1 aromatic rings. The number of hydrogen-bond donors (Lipinski definition) is 1. The van der Waals surface area contributed by atoms with E-state index in [2.05, 4.69) is 41.4 Å². The zero-order valence-corrected chi connectivity index (χ0v) is 12.1. The van der Waals surface area contributed by atoms with Crippen LogP contribution in [0.2, 0.25) is 0 Å². The number of methoxy groups -OCH3 is 1. The lowest BCUT2D eigenvalue weighted by Crippen LogP contribution is -2.47. The average molecular weight is 271 g/mol. The Balaban J connectivity index is 2.00. The van der Waals surface area contributed by atoms with E-state index < -0.39 is 0 Å². The first-order valence-electron chi connectivity index (χ1n) is 7.05. The van der Waals surface area contributed by atoms with Gasteiger partial charge in [-0.3, -0.25) is 4.79 Å². The fraction of sp³-hybridized carbons (Fsp3) is 0.471. The van der Waals surface area contributed by atoms with Gasteiger partial charge in [0.05, 0.1) is 12.1 Å². The molecule has 0 saturated heterocycles. The first kappa shape index (κ1) is 14.6. The molecule has 1 N–H and O–H groups in total. The van der Waals surface area contributed by atoms with Gasteiger partial charge in [0, 0.05) is 7.11 Å². The second-order valence-electron chi connectivity index (χ2n) is 5.15. The number of hydrogen-bond acceptors (Lipinski definition) is 2. The fourth-order valence-corrected chi connectivity index (χ4v) is 2.90. The van der Waals surface area contributed by atoms with Gasteiger partial charge in [-0.25, -0.2) is 0 Å². The Morgan fingerprint density at radius 2 is 2.05 bits per heavy atom. The quantitative estimate of drug-likeness (QED) is 0.858. The largest absolute Gasteiger partial charge is 0.379 e. The third-order valence-corrected chi connectivity index (χ3v) is 3.92. The highest BCUT2D eigenvalue weighted by atomic mass is 16.5. The molecule has 106 valence electrons. The molecule has 3 atom stereocenters. The van der Waals surface area contributed by atoms with E-state index in [1.54, 1.807) is 14.0 Å². The van der Waals surface area contributed by atoms with Gasteiger partial charge < -0.3 is 10.1 Å². The molecule has 0 aliphatic heterocycles. The second kappa shape index (κ2) is 7.12. The summed E-state index contributed by atoms with van der Waals surface area (Å²) in [4.78, 5) is 11.6. The predicted octanol–water partition coefficient (Wildman–Crippen LogP) is 2.48. The number of carbonyl (C=O) groups is 1. The topological polar surface area (TPSA) is 38.3 Å². The van der Waals surface area contributed by atoms with E-state index in [0.717, 1.165) is 19.3 Å². The maximum atomic E-state index is 11.6. The zero-order chi connectivity index (χ0) is 14.4. The van der Waals surface area contributed by atoms with Gasteiger partial charge >= 0.3 is 0 Å². The minimum Gasteiger partial charge on any atom is -0.379 e. The van der Waals surface area contributed by atoms with E-state index in [0.29, 0.717) is 5.92 Å². The molecule has 3 heteroatoms. The van der Waals surface area contributed by atoms with Crippen molar-refractivity contribution in [1.29, 1.82) is 0 Å². The number of amides is 1. The number of nitrogens with one attached hydrogen (secondary N) is 1. The SMILES string of the molecule is CC#CC(=O)NC1CCC(c2ccccc2)CC1OC. The Bertz CT molecular complexity index is 501. The highest BCUT2D eigenvalue weighted by Gasteiger charge is 2.31. The third kappa shape index (κ3) is 3.61. The molecule has 1 saturated carbocycles. The minimum atomic E-state index is -0.210. The molecule has 0 aromatic heterocycles. The highest BCUT2D eigenvalue weighted by molar-refractivity contribution is 5.93. The van der Waals surface area contributed by atoms with Crippen LogP contribution in [0, 0.1) is 11.8 Å². The van der Waals surface area contributed by atoms with Gasteiger partial charge in [0.1, 0.15) is 0 Å². The van der Waals surface area contributed by atoms with Crippen molar-refractivity contribution < 1.29 is 9.53 Å². The van der Waals surface area contributed by atoms with Crippen molar-refractivity contribution in [3.8, 4) is 11.8 Å². The van der Waals surface area contributed by atoms with Crippen LogP contribution in [-0.2, 0) is 9.53 Å². The van der Waals surface area contributed by atoms with Crippen molar-refractivity contribution in [2.24, 2.45) is 0 Å². The van der Waals surface area contributed by atoms with Crippen molar-refractivity contribution >= 4 is 5.91 Å². The lowest BCUT2D eigenvalue weighted by molar-refractivity contribution is -0.117. The Morgan fingerprint density at radius 3 is 2.70 bits per heavy atom. The molecule has 1 fully saturated rings. The van der Waals surface area contributed by atoms with Crippen LogP contribution in [0.5, 0.6) is 0 Å². The lowest BCUT2D eigenvalue weighted by atomic mass is 9.80. The lowest BCUT2D eigenvalue weighted by Gasteiger charge is -2.35. The second-order valence-corrected chi connectivity index (χ2v) is 5.15. The highest BCUT2D eigenvalue weighted by Crippen LogP contribution is 2.34. The van der Waals surface area contributed by atoms with Crippen LogP contribution in [0.3, 0.4) is 0 Å². The third-order valence-electron chi connectivity index (χ3n) is 3.92. The first-order valence-corrected chi connectivity index (χ1v) is 7.05. The molecule has 1 amide bonds. The number of benzene rings is 1. The van der Waals surface area contributed by atoms with Gasteiger partial charge in [0.25, 0.3) is 5.91 Å². The smallest absolute Gasteiger partial charge is 0.296 e. The van der Waals surface area contributed by atoms with Crippen LogP contribution in [0.4, 0.5) is 0 Å². The minimum absolute atomic E-state index is 0.0524. The molecule has 1 aliphatic carbocycles. The van der Waals surface area contributed by atoms with Gasteiger partial charge in [-0.15, -0.1) is 0 Å². The van der Waals surface area contributed by atoms with Crippen molar-refractivity contribution in [3.05, 3.63) is 35.9 Å². The zero-order valence-electron chi connectivity index (χ0n) is 12.1. The fourth-order valence-electron chi connectivity index (χ4n) is 2.90. The predicted molar refractivity (Wildman–Crippen MR) is 79.2 cm³/mol. The van der Waals surface area contributed by atoms with Crippen molar-refractivity contribution in [2.45, 2.75) is 44.2 Å². The summed E-state index contributed by atoms with van der Waals surface area (Å²) in [6.07, 6.45) is 2.98. The molecular weight excluding hydrogens is 250 g/mol. The molecule has 0 heterocycles. The summed E-state index contributed by atoms with van der Waals surface area (Å²) in [5, 5.41) is 2.96. The van der Waals surface area contributed by atoms with E-state index in [1.807, 2.05) is 6.07 Å². The maximum Gasteiger partial charge on any atom is 0.296 e. The van der Waals surface area contributed by atoms with Gasteiger partial charge in [-0.05, 0) is 43.6 Å². The van der Waals surface area contributed by atoms with E-state index in [9.17, 15) is 4.79 Å². The van der Waals surface area contributed by atoms with E-state index in [1.165, 1.54) is 5.56 Å². The molecule has 20 heavy (non-hydrogen) atoms. The summed E-state index contributed by atoms with van der Waals surface area (Å²) in [5.41, 5.74) is 1.35.